The van der Waals surface area contributed by atoms with Crippen molar-refractivity contribution in [2.45, 2.75) is 26.3 Å². The first kappa shape index (κ1) is 20.0. The molecule has 1 unspecified atom stereocenters. The molecule has 0 fully saturated rings. The maximum absolute atomic E-state index is 12.4. The Hall–Kier alpha value is -3.35. The lowest BCUT2D eigenvalue weighted by atomic mass is 10.0. The molecule has 7 heteroatoms. The van der Waals surface area contributed by atoms with Crippen LogP contribution in [0.2, 0.25) is 0 Å². The molecule has 27 heavy (non-hydrogen) atoms. The van der Waals surface area contributed by atoms with Gasteiger partial charge in [0.15, 0.2) is 6.61 Å². The lowest BCUT2D eigenvalue weighted by molar-refractivity contribution is -0.139. The highest BCUT2D eigenvalue weighted by atomic mass is 16.5. The Morgan fingerprint density at radius 1 is 1.04 bits per heavy atom. The maximum Gasteiger partial charge on any atom is 0.341 e. The zero-order chi connectivity index (χ0) is 19.8. The van der Waals surface area contributed by atoms with Gasteiger partial charge >= 0.3 is 5.97 Å². The summed E-state index contributed by atoms with van der Waals surface area (Å²) >= 11 is 0. The molecule has 0 aliphatic heterocycles. The average Bonchev–Trinajstić information content (AvgIpc) is 2.60. The summed E-state index contributed by atoms with van der Waals surface area (Å²) in [6.07, 6.45) is 0.0832. The normalized spacial score (nSPS) is 11.3. The molecule has 1 atom stereocenters. The predicted molar refractivity (Wildman–Crippen MR) is 101 cm³/mol. The number of carboxylic acid groups (broad SMARTS) is 1. The van der Waals surface area contributed by atoms with Crippen LogP contribution in [0.1, 0.15) is 30.5 Å². The topological polar surface area (TPSA) is 105 Å². The fourth-order valence-electron chi connectivity index (χ4n) is 2.47. The SMILES string of the molecule is CC(=O)NC(CC(=O)Nc1ccc(OCC(=O)O)cc1)c1ccc(C)cc1. The number of hydrogen-bond donors (Lipinski definition) is 3. The second-order valence-corrected chi connectivity index (χ2v) is 6.12. The lowest BCUT2D eigenvalue weighted by Gasteiger charge is -2.18. The van der Waals surface area contributed by atoms with Crippen LogP contribution in [0.25, 0.3) is 0 Å². The predicted octanol–water partition coefficient (Wildman–Crippen LogP) is 2.66. The molecular formula is C20H22N2O5. The van der Waals surface area contributed by atoms with Crippen molar-refractivity contribution in [1.29, 1.82) is 0 Å². The summed E-state index contributed by atoms with van der Waals surface area (Å²) in [6, 6.07) is 13.6. The van der Waals surface area contributed by atoms with Gasteiger partial charge in [-0.3, -0.25) is 9.59 Å². The molecule has 0 radical (unpaired) electrons. The number of benzene rings is 2. The van der Waals surface area contributed by atoms with Crippen molar-refractivity contribution in [2.24, 2.45) is 0 Å². The summed E-state index contributed by atoms with van der Waals surface area (Å²) in [5.41, 5.74) is 2.49. The zero-order valence-electron chi connectivity index (χ0n) is 15.2. The van der Waals surface area contributed by atoms with Gasteiger partial charge in [0.1, 0.15) is 5.75 Å². The molecule has 2 aromatic carbocycles. The number of carboxylic acids is 1. The highest BCUT2D eigenvalue weighted by Crippen LogP contribution is 2.20. The van der Waals surface area contributed by atoms with E-state index in [0.717, 1.165) is 11.1 Å². The third kappa shape index (κ3) is 6.81. The summed E-state index contributed by atoms with van der Waals surface area (Å²) in [7, 11) is 0. The fourth-order valence-corrected chi connectivity index (χ4v) is 2.47. The van der Waals surface area contributed by atoms with Gasteiger partial charge < -0.3 is 20.5 Å². The minimum absolute atomic E-state index is 0.0832. The van der Waals surface area contributed by atoms with Gasteiger partial charge in [-0.15, -0.1) is 0 Å². The standard InChI is InChI=1S/C20H22N2O5/c1-13-3-5-15(6-4-13)18(21-14(2)23)11-19(24)22-16-7-9-17(10-8-16)27-12-20(25)26/h3-10,18H,11-12H2,1-2H3,(H,21,23)(H,22,24)(H,25,26). The Labute approximate surface area is 157 Å². The molecule has 0 aromatic heterocycles. The number of ether oxygens (including phenoxy) is 1. The summed E-state index contributed by atoms with van der Waals surface area (Å²) in [5, 5.41) is 14.1. The van der Waals surface area contributed by atoms with Crippen LogP contribution in [-0.4, -0.2) is 29.5 Å². The summed E-state index contributed by atoms with van der Waals surface area (Å²) < 4.78 is 5.04. The van der Waals surface area contributed by atoms with Crippen LogP contribution in [0.15, 0.2) is 48.5 Å². The van der Waals surface area contributed by atoms with Crippen molar-refractivity contribution < 1.29 is 24.2 Å². The van der Waals surface area contributed by atoms with Crippen LogP contribution < -0.4 is 15.4 Å². The van der Waals surface area contributed by atoms with Crippen molar-refractivity contribution in [3.05, 3.63) is 59.7 Å². The second-order valence-electron chi connectivity index (χ2n) is 6.12. The van der Waals surface area contributed by atoms with Gasteiger partial charge in [-0.05, 0) is 36.8 Å². The molecule has 0 aliphatic rings. The number of amides is 2. The number of aryl methyl sites for hydroxylation is 1. The van der Waals surface area contributed by atoms with Crippen LogP contribution in [0.3, 0.4) is 0 Å². The Morgan fingerprint density at radius 3 is 2.22 bits per heavy atom. The van der Waals surface area contributed by atoms with Gasteiger partial charge in [0, 0.05) is 12.6 Å². The molecule has 3 N–H and O–H groups in total. The molecule has 0 saturated carbocycles. The molecule has 0 aliphatic carbocycles. The molecule has 0 heterocycles. The fraction of sp³-hybridized carbons (Fsp3) is 0.250. The van der Waals surface area contributed by atoms with Crippen LogP contribution in [0, 0.1) is 6.92 Å². The first-order chi connectivity index (χ1) is 12.8. The zero-order valence-corrected chi connectivity index (χ0v) is 15.2. The van der Waals surface area contributed by atoms with E-state index in [-0.39, 0.29) is 18.2 Å². The van der Waals surface area contributed by atoms with E-state index in [1.807, 2.05) is 31.2 Å². The first-order valence-electron chi connectivity index (χ1n) is 8.41. The summed E-state index contributed by atoms with van der Waals surface area (Å²) in [5.74, 6) is -1.14. The number of anilines is 1. The number of aliphatic carboxylic acids is 1. The second kappa shape index (κ2) is 9.38. The Balaban J connectivity index is 1.99. The van der Waals surface area contributed by atoms with Crippen LogP contribution in [-0.2, 0) is 14.4 Å². The van der Waals surface area contributed by atoms with E-state index in [2.05, 4.69) is 10.6 Å². The van der Waals surface area contributed by atoms with E-state index in [1.165, 1.54) is 6.92 Å². The number of nitrogens with one attached hydrogen (secondary N) is 2. The molecule has 142 valence electrons. The third-order valence-corrected chi connectivity index (χ3v) is 3.75. The smallest absolute Gasteiger partial charge is 0.341 e. The van der Waals surface area contributed by atoms with Gasteiger partial charge in [-0.2, -0.15) is 0 Å². The minimum Gasteiger partial charge on any atom is -0.482 e. The van der Waals surface area contributed by atoms with E-state index in [0.29, 0.717) is 11.4 Å². The Kier molecular flexibility index (Phi) is 6.93. The van der Waals surface area contributed by atoms with Gasteiger partial charge in [0.2, 0.25) is 11.8 Å². The highest BCUT2D eigenvalue weighted by Gasteiger charge is 2.17. The number of hydrogen-bond acceptors (Lipinski definition) is 4. The van der Waals surface area contributed by atoms with E-state index in [1.54, 1.807) is 24.3 Å². The number of carbonyl (C=O) groups excluding carboxylic acids is 2. The molecule has 0 saturated heterocycles. The van der Waals surface area contributed by atoms with Crippen molar-refractivity contribution in [3.8, 4) is 5.75 Å². The van der Waals surface area contributed by atoms with E-state index in [4.69, 9.17) is 9.84 Å². The summed E-state index contributed by atoms with van der Waals surface area (Å²) in [4.78, 5) is 34.3. The largest absolute Gasteiger partial charge is 0.482 e. The van der Waals surface area contributed by atoms with Gasteiger partial charge in [0.05, 0.1) is 12.5 Å². The maximum atomic E-state index is 12.4. The third-order valence-electron chi connectivity index (χ3n) is 3.75. The number of rotatable bonds is 8. The van der Waals surface area contributed by atoms with Crippen molar-refractivity contribution in [1.82, 2.24) is 5.32 Å². The molecule has 7 nitrogen and oxygen atoms in total. The molecular weight excluding hydrogens is 348 g/mol. The van der Waals surface area contributed by atoms with Gasteiger partial charge in [-0.25, -0.2) is 4.79 Å². The van der Waals surface area contributed by atoms with E-state index in [9.17, 15) is 14.4 Å². The molecule has 2 amide bonds. The molecule has 0 spiro atoms. The van der Waals surface area contributed by atoms with Crippen molar-refractivity contribution in [2.75, 3.05) is 11.9 Å². The highest BCUT2D eigenvalue weighted by molar-refractivity contribution is 5.91. The van der Waals surface area contributed by atoms with E-state index < -0.39 is 18.6 Å². The van der Waals surface area contributed by atoms with Crippen LogP contribution in [0.5, 0.6) is 5.75 Å². The van der Waals surface area contributed by atoms with Gasteiger partial charge in [0.25, 0.3) is 0 Å². The molecule has 2 aromatic rings. The van der Waals surface area contributed by atoms with Crippen LogP contribution in [0.4, 0.5) is 5.69 Å². The van der Waals surface area contributed by atoms with Crippen LogP contribution >= 0.6 is 0 Å². The van der Waals surface area contributed by atoms with Gasteiger partial charge in [-0.1, -0.05) is 29.8 Å². The Bertz CT molecular complexity index is 800. The average molecular weight is 370 g/mol. The van der Waals surface area contributed by atoms with Crippen molar-refractivity contribution >= 4 is 23.5 Å². The number of carbonyl (C=O) groups is 3. The lowest BCUT2D eigenvalue weighted by Crippen LogP contribution is -2.29. The van der Waals surface area contributed by atoms with E-state index >= 15 is 0 Å². The monoisotopic (exact) mass is 370 g/mol. The molecule has 0 bridgehead atoms. The molecule has 2 rings (SSSR count). The quantitative estimate of drug-likeness (QED) is 0.663. The van der Waals surface area contributed by atoms with Crippen molar-refractivity contribution in [3.63, 3.8) is 0 Å². The summed E-state index contributed by atoms with van der Waals surface area (Å²) in [6.45, 7) is 2.95. The Morgan fingerprint density at radius 2 is 1.67 bits per heavy atom. The minimum atomic E-state index is -1.06. The first-order valence-corrected chi connectivity index (χ1v) is 8.41.